The van der Waals surface area contributed by atoms with Gasteiger partial charge < -0.3 is 4.74 Å². The van der Waals surface area contributed by atoms with Crippen LogP contribution in [0.5, 0.6) is 0 Å². The number of carbonyl (C=O) groups is 1. The van der Waals surface area contributed by atoms with Crippen molar-refractivity contribution in [2.75, 3.05) is 20.2 Å². The van der Waals surface area contributed by atoms with E-state index in [9.17, 15) is 13.2 Å². The lowest BCUT2D eigenvalue weighted by atomic mass is 10.2. The molecule has 2 fully saturated rings. The quantitative estimate of drug-likeness (QED) is 0.795. The van der Waals surface area contributed by atoms with E-state index >= 15 is 0 Å². The first kappa shape index (κ1) is 14.3. The van der Waals surface area contributed by atoms with Crippen LogP contribution in [0.3, 0.4) is 0 Å². The van der Waals surface area contributed by atoms with Crippen LogP contribution in [0.1, 0.15) is 5.56 Å². The average molecular weight is 312 g/mol. The molecule has 0 unspecified atom stereocenters. The number of likely N-dealkylation sites (tertiary alicyclic amines) is 1. The standard InChI is InChI=1S/C13H16N2O5S/c1-19-13(16)15-11-8-14(7-10-5-3-2-4-6-10)9-12(11)20-21(15,17)18/h2-6,11-12H,7-9H2,1H3/t11-,12+/m0/s1. The number of nitrogens with zero attached hydrogens (tertiary/aromatic N) is 2. The van der Waals surface area contributed by atoms with Crippen LogP contribution >= 0.6 is 0 Å². The van der Waals surface area contributed by atoms with Gasteiger partial charge in [0.05, 0.1) is 13.2 Å². The first-order valence-electron chi connectivity index (χ1n) is 6.58. The van der Waals surface area contributed by atoms with Gasteiger partial charge in [0.2, 0.25) is 0 Å². The minimum atomic E-state index is -4.02. The number of methoxy groups -OCH3 is 1. The van der Waals surface area contributed by atoms with Crippen LogP contribution in [0.4, 0.5) is 4.79 Å². The summed E-state index contributed by atoms with van der Waals surface area (Å²) in [5.74, 6) is 0. The third-order valence-electron chi connectivity index (χ3n) is 3.70. The summed E-state index contributed by atoms with van der Waals surface area (Å²) in [7, 11) is -2.87. The van der Waals surface area contributed by atoms with Gasteiger partial charge in [-0.1, -0.05) is 30.3 Å². The molecule has 0 bridgehead atoms. The molecule has 0 aromatic heterocycles. The Bertz CT molecular complexity index is 633. The van der Waals surface area contributed by atoms with Gasteiger partial charge in [-0.05, 0) is 5.56 Å². The van der Waals surface area contributed by atoms with E-state index in [1.807, 2.05) is 30.3 Å². The topological polar surface area (TPSA) is 76.2 Å². The predicted octanol–water partition coefficient (Wildman–Crippen LogP) is 0.583. The van der Waals surface area contributed by atoms with Crippen molar-refractivity contribution in [1.29, 1.82) is 0 Å². The molecule has 0 aliphatic carbocycles. The monoisotopic (exact) mass is 312 g/mol. The molecule has 2 atom stereocenters. The zero-order chi connectivity index (χ0) is 15.0. The van der Waals surface area contributed by atoms with E-state index in [4.69, 9.17) is 4.18 Å². The zero-order valence-electron chi connectivity index (χ0n) is 11.5. The van der Waals surface area contributed by atoms with Crippen LogP contribution in [-0.2, 0) is 25.8 Å². The molecule has 2 aliphatic heterocycles. The van der Waals surface area contributed by atoms with Gasteiger partial charge in [-0.2, -0.15) is 12.7 Å². The van der Waals surface area contributed by atoms with Gasteiger partial charge in [-0.25, -0.2) is 8.98 Å². The third-order valence-corrected chi connectivity index (χ3v) is 5.10. The summed E-state index contributed by atoms with van der Waals surface area (Å²) in [6.45, 7) is 1.59. The molecule has 0 radical (unpaired) electrons. The summed E-state index contributed by atoms with van der Waals surface area (Å²) < 4.78 is 33.9. The van der Waals surface area contributed by atoms with Crippen LogP contribution in [-0.4, -0.2) is 56.1 Å². The Hall–Kier alpha value is -1.64. The van der Waals surface area contributed by atoms with Crippen molar-refractivity contribution in [3.8, 4) is 0 Å². The Morgan fingerprint density at radius 3 is 2.71 bits per heavy atom. The number of fused-ring (bicyclic) bond motifs is 1. The Labute approximate surface area is 123 Å². The molecule has 0 saturated carbocycles. The van der Waals surface area contributed by atoms with Crippen molar-refractivity contribution in [2.45, 2.75) is 18.7 Å². The molecule has 0 N–H and O–H groups in total. The van der Waals surface area contributed by atoms with Gasteiger partial charge in [0.15, 0.2) is 0 Å². The zero-order valence-corrected chi connectivity index (χ0v) is 12.3. The van der Waals surface area contributed by atoms with Gasteiger partial charge >= 0.3 is 16.4 Å². The lowest BCUT2D eigenvalue weighted by Crippen LogP contribution is -2.42. The molecule has 2 aliphatic rings. The summed E-state index contributed by atoms with van der Waals surface area (Å²) >= 11 is 0. The first-order chi connectivity index (χ1) is 10.0. The minimum absolute atomic E-state index is 0.438. The van der Waals surface area contributed by atoms with Crippen LogP contribution in [0.2, 0.25) is 0 Å². The number of benzene rings is 1. The maximum atomic E-state index is 11.8. The smallest absolute Gasteiger partial charge is 0.425 e. The maximum Gasteiger partial charge on any atom is 0.425 e. The van der Waals surface area contributed by atoms with Crippen molar-refractivity contribution in [3.63, 3.8) is 0 Å². The van der Waals surface area contributed by atoms with E-state index in [1.54, 1.807) is 0 Å². The Kier molecular flexibility index (Phi) is 3.60. The lowest BCUT2D eigenvalue weighted by Gasteiger charge is -2.20. The van der Waals surface area contributed by atoms with E-state index in [0.717, 1.165) is 12.7 Å². The van der Waals surface area contributed by atoms with E-state index in [1.165, 1.54) is 0 Å². The van der Waals surface area contributed by atoms with Gasteiger partial charge in [0.1, 0.15) is 6.10 Å². The lowest BCUT2D eigenvalue weighted by molar-refractivity contribution is 0.139. The molecule has 114 valence electrons. The second-order valence-electron chi connectivity index (χ2n) is 5.11. The van der Waals surface area contributed by atoms with Crippen molar-refractivity contribution in [1.82, 2.24) is 9.21 Å². The van der Waals surface area contributed by atoms with E-state index in [-0.39, 0.29) is 0 Å². The van der Waals surface area contributed by atoms with Crippen molar-refractivity contribution < 1.29 is 22.1 Å². The summed E-state index contributed by atoms with van der Waals surface area (Å²) in [5, 5.41) is 0. The van der Waals surface area contributed by atoms with Gasteiger partial charge in [-0.15, -0.1) is 0 Å². The third kappa shape index (κ3) is 2.61. The van der Waals surface area contributed by atoms with E-state index in [2.05, 4.69) is 9.64 Å². The largest absolute Gasteiger partial charge is 0.452 e. The molecule has 7 nitrogen and oxygen atoms in total. The molecule has 21 heavy (non-hydrogen) atoms. The molecular weight excluding hydrogens is 296 g/mol. The highest BCUT2D eigenvalue weighted by Gasteiger charge is 2.54. The second-order valence-corrected chi connectivity index (χ2v) is 6.55. The van der Waals surface area contributed by atoms with Crippen LogP contribution in [0.25, 0.3) is 0 Å². The summed E-state index contributed by atoms with van der Waals surface area (Å²) in [4.78, 5) is 13.7. The first-order valence-corrected chi connectivity index (χ1v) is 7.94. The summed E-state index contributed by atoms with van der Waals surface area (Å²) in [6, 6.07) is 9.33. The Morgan fingerprint density at radius 1 is 1.33 bits per heavy atom. The molecule has 2 heterocycles. The van der Waals surface area contributed by atoms with Gasteiger partial charge in [-0.3, -0.25) is 4.90 Å². The molecule has 2 saturated heterocycles. The second kappa shape index (κ2) is 5.28. The van der Waals surface area contributed by atoms with Crippen molar-refractivity contribution in [3.05, 3.63) is 35.9 Å². The molecule has 1 amide bonds. The highest BCUT2D eigenvalue weighted by atomic mass is 32.2. The molecule has 1 aromatic rings. The fourth-order valence-electron chi connectivity index (χ4n) is 2.81. The van der Waals surface area contributed by atoms with E-state index < -0.39 is 28.5 Å². The molecule has 1 aromatic carbocycles. The molecule has 3 rings (SSSR count). The molecule has 0 spiro atoms. The Morgan fingerprint density at radius 2 is 2.05 bits per heavy atom. The van der Waals surface area contributed by atoms with Crippen molar-refractivity contribution in [2.24, 2.45) is 0 Å². The fourth-order valence-corrected chi connectivity index (χ4v) is 4.19. The maximum absolute atomic E-state index is 11.8. The predicted molar refractivity (Wildman–Crippen MR) is 73.5 cm³/mol. The fraction of sp³-hybridized carbons (Fsp3) is 0.462. The van der Waals surface area contributed by atoms with Crippen LogP contribution in [0.15, 0.2) is 30.3 Å². The van der Waals surface area contributed by atoms with Crippen LogP contribution in [0, 0.1) is 0 Å². The van der Waals surface area contributed by atoms with Gasteiger partial charge in [0.25, 0.3) is 0 Å². The number of hydrogen-bond acceptors (Lipinski definition) is 6. The normalized spacial score (nSPS) is 27.6. The van der Waals surface area contributed by atoms with E-state index in [0.29, 0.717) is 23.9 Å². The number of carbonyl (C=O) groups excluding carboxylic acids is 1. The molecular formula is C13H16N2O5S. The Balaban J connectivity index is 1.74. The summed E-state index contributed by atoms with van der Waals surface area (Å²) in [6.07, 6.45) is -1.43. The highest BCUT2D eigenvalue weighted by Crippen LogP contribution is 2.32. The molecule has 8 heteroatoms. The number of amides is 1. The number of hydrogen-bond donors (Lipinski definition) is 0. The van der Waals surface area contributed by atoms with Crippen LogP contribution < -0.4 is 0 Å². The summed E-state index contributed by atoms with van der Waals surface area (Å²) in [5.41, 5.74) is 1.13. The van der Waals surface area contributed by atoms with Crippen molar-refractivity contribution >= 4 is 16.4 Å². The highest BCUT2D eigenvalue weighted by molar-refractivity contribution is 7.85. The SMILES string of the molecule is COC(=O)N1[C@H]2CN(Cc3ccccc3)C[C@H]2OS1(=O)=O. The average Bonchev–Trinajstić information content (AvgIpc) is 2.91. The minimum Gasteiger partial charge on any atom is -0.452 e. The number of ether oxygens (including phenoxy) is 1. The number of rotatable bonds is 2. The van der Waals surface area contributed by atoms with Gasteiger partial charge in [0, 0.05) is 19.6 Å².